The number of hydrogen-bond donors (Lipinski definition) is 1. The van der Waals surface area contributed by atoms with Gasteiger partial charge in [-0.1, -0.05) is 30.3 Å². The fraction of sp³-hybridized carbons (Fsp3) is 0.292. The first-order chi connectivity index (χ1) is 13.8. The number of benzene rings is 2. The van der Waals surface area contributed by atoms with Crippen molar-refractivity contribution in [2.45, 2.75) is 39.2 Å². The Labute approximate surface area is 165 Å². The number of fused-ring (bicyclic) bond motifs is 2. The first-order valence-corrected chi connectivity index (χ1v) is 10.1. The van der Waals surface area contributed by atoms with Gasteiger partial charge >= 0.3 is 0 Å². The van der Waals surface area contributed by atoms with Gasteiger partial charge in [0, 0.05) is 17.3 Å². The zero-order valence-corrected chi connectivity index (χ0v) is 16.5. The van der Waals surface area contributed by atoms with E-state index in [9.17, 15) is 0 Å². The van der Waals surface area contributed by atoms with Crippen molar-refractivity contribution in [2.24, 2.45) is 0 Å². The number of aryl methyl sites for hydroxylation is 1. The van der Waals surface area contributed by atoms with Crippen LogP contribution in [0.4, 0.5) is 0 Å². The quantitative estimate of drug-likeness (QED) is 0.507. The first kappa shape index (κ1) is 17.1. The minimum absolute atomic E-state index is 0.907. The molecule has 1 aliphatic rings. The molecule has 4 heteroatoms. The molecule has 28 heavy (non-hydrogen) atoms. The van der Waals surface area contributed by atoms with E-state index in [4.69, 9.17) is 4.74 Å². The number of nitrogens with zero attached hydrogens (tertiary/aromatic N) is 2. The van der Waals surface area contributed by atoms with E-state index in [1.54, 1.807) is 7.11 Å². The highest BCUT2D eigenvalue weighted by Gasteiger charge is 2.29. The molecule has 142 valence electrons. The third-order valence-electron chi connectivity index (χ3n) is 5.98. The van der Waals surface area contributed by atoms with Crippen LogP contribution in [-0.2, 0) is 13.0 Å². The lowest BCUT2D eigenvalue weighted by atomic mass is 10.1. The lowest BCUT2D eigenvalue weighted by Gasteiger charge is -2.06. The summed E-state index contributed by atoms with van der Waals surface area (Å²) in [4.78, 5) is 3.68. The summed E-state index contributed by atoms with van der Waals surface area (Å²) in [5.41, 5.74) is 6.10. The van der Waals surface area contributed by atoms with Gasteiger partial charge in [-0.2, -0.15) is 4.57 Å². The zero-order chi connectivity index (χ0) is 19.1. The second-order valence-electron chi connectivity index (χ2n) is 7.61. The molecule has 0 atom stereocenters. The van der Waals surface area contributed by atoms with Crippen molar-refractivity contribution in [3.05, 3.63) is 66.1 Å². The van der Waals surface area contributed by atoms with Crippen molar-refractivity contribution >= 4 is 10.9 Å². The number of H-pyrrole nitrogens is 1. The molecule has 4 nitrogen and oxygen atoms in total. The fourth-order valence-electron chi connectivity index (χ4n) is 4.55. The van der Waals surface area contributed by atoms with E-state index < -0.39 is 0 Å². The number of nitrogens with one attached hydrogen (secondary N) is 1. The average molecular weight is 372 g/mol. The number of aromatic nitrogens is 3. The molecular weight excluding hydrogens is 346 g/mol. The van der Waals surface area contributed by atoms with Crippen LogP contribution in [0.1, 0.15) is 30.7 Å². The van der Waals surface area contributed by atoms with Crippen LogP contribution in [0.3, 0.4) is 0 Å². The standard InChI is InChI=1S/C24H26N3O/c1-17-18-10-5-6-11-19(18)25-24(17)21-16-27(20-12-7-8-13-22(20)28-2)23-14-4-3-9-15-26(21)23/h5-8,10-13,16,25H,3-4,9,14-15H2,1-2H3/q+1. The number of para-hydroxylation sites is 3. The van der Waals surface area contributed by atoms with Crippen molar-refractivity contribution in [1.82, 2.24) is 9.55 Å². The summed E-state index contributed by atoms with van der Waals surface area (Å²) in [6.07, 6.45) is 7.09. The summed E-state index contributed by atoms with van der Waals surface area (Å²) >= 11 is 0. The summed E-state index contributed by atoms with van der Waals surface area (Å²) in [5, 5.41) is 1.30. The normalized spacial score (nSPS) is 14.1. The van der Waals surface area contributed by atoms with Gasteiger partial charge in [0.05, 0.1) is 19.3 Å². The van der Waals surface area contributed by atoms with Crippen LogP contribution in [0.15, 0.2) is 54.7 Å². The average Bonchev–Trinajstić information content (AvgIpc) is 3.14. The second kappa shape index (κ2) is 6.86. The first-order valence-electron chi connectivity index (χ1n) is 10.1. The lowest BCUT2D eigenvalue weighted by Crippen LogP contribution is -2.34. The van der Waals surface area contributed by atoms with Gasteiger partial charge in [-0.3, -0.25) is 0 Å². The highest BCUT2D eigenvalue weighted by molar-refractivity contribution is 5.89. The summed E-state index contributed by atoms with van der Waals surface area (Å²) in [5.74, 6) is 2.26. The zero-order valence-electron chi connectivity index (χ0n) is 16.5. The molecule has 2 aromatic heterocycles. The van der Waals surface area contributed by atoms with Gasteiger partial charge in [-0.25, -0.2) is 4.57 Å². The minimum atomic E-state index is 0.907. The van der Waals surface area contributed by atoms with Crippen LogP contribution in [-0.4, -0.2) is 16.7 Å². The van der Waals surface area contributed by atoms with E-state index in [2.05, 4.69) is 63.6 Å². The fourth-order valence-corrected chi connectivity index (χ4v) is 4.55. The molecule has 5 rings (SSSR count). The molecule has 1 N–H and O–H groups in total. The van der Waals surface area contributed by atoms with Crippen molar-refractivity contribution in [1.29, 1.82) is 0 Å². The SMILES string of the molecule is COc1ccccc1-[n+]1cc(-c2[nH]c3ccccc3c2C)n2c1CCCCC2. The van der Waals surface area contributed by atoms with Gasteiger partial charge in [0.25, 0.3) is 5.82 Å². The van der Waals surface area contributed by atoms with E-state index >= 15 is 0 Å². The Hall–Kier alpha value is -3.01. The second-order valence-corrected chi connectivity index (χ2v) is 7.61. The maximum Gasteiger partial charge on any atom is 0.262 e. The molecule has 0 unspecified atom stereocenters. The number of imidazole rings is 1. The summed E-state index contributed by atoms with van der Waals surface area (Å²) in [6.45, 7) is 3.28. The topological polar surface area (TPSA) is 33.8 Å². The maximum absolute atomic E-state index is 5.67. The van der Waals surface area contributed by atoms with E-state index in [0.29, 0.717) is 0 Å². The van der Waals surface area contributed by atoms with Crippen LogP contribution < -0.4 is 9.30 Å². The lowest BCUT2D eigenvalue weighted by molar-refractivity contribution is -0.604. The summed E-state index contributed by atoms with van der Waals surface area (Å²) in [6, 6.07) is 16.9. The Morgan fingerprint density at radius 1 is 1.00 bits per heavy atom. The molecule has 0 saturated carbocycles. The molecule has 0 spiro atoms. The monoisotopic (exact) mass is 372 g/mol. The molecule has 4 aromatic rings. The van der Waals surface area contributed by atoms with Crippen molar-refractivity contribution in [3.63, 3.8) is 0 Å². The number of rotatable bonds is 3. The predicted octanol–water partition coefficient (Wildman–Crippen LogP) is 4.96. The number of methoxy groups -OCH3 is 1. The van der Waals surface area contributed by atoms with Crippen LogP contribution in [0.25, 0.3) is 28.0 Å². The Morgan fingerprint density at radius 2 is 1.82 bits per heavy atom. The molecule has 2 aromatic carbocycles. The highest BCUT2D eigenvalue weighted by Crippen LogP contribution is 2.32. The van der Waals surface area contributed by atoms with Crippen LogP contribution >= 0.6 is 0 Å². The van der Waals surface area contributed by atoms with Gasteiger partial charge in [-0.05, 0) is 49.9 Å². The van der Waals surface area contributed by atoms with Gasteiger partial charge in [0.1, 0.15) is 6.20 Å². The largest absolute Gasteiger partial charge is 0.492 e. The Kier molecular flexibility index (Phi) is 4.19. The van der Waals surface area contributed by atoms with Crippen molar-refractivity contribution in [2.75, 3.05) is 7.11 Å². The molecule has 0 aliphatic carbocycles. The van der Waals surface area contributed by atoms with Gasteiger partial charge < -0.3 is 9.72 Å². The third-order valence-corrected chi connectivity index (χ3v) is 5.98. The van der Waals surface area contributed by atoms with Crippen LogP contribution in [0, 0.1) is 6.92 Å². The number of ether oxygens (including phenoxy) is 1. The van der Waals surface area contributed by atoms with Gasteiger partial charge in [-0.15, -0.1) is 0 Å². The molecular formula is C24H26N3O+. The van der Waals surface area contributed by atoms with E-state index in [1.165, 1.54) is 52.9 Å². The molecule has 3 heterocycles. The molecule has 0 fully saturated rings. The van der Waals surface area contributed by atoms with Crippen LogP contribution in [0.2, 0.25) is 0 Å². The Morgan fingerprint density at radius 3 is 2.68 bits per heavy atom. The highest BCUT2D eigenvalue weighted by atomic mass is 16.5. The predicted molar refractivity (Wildman–Crippen MR) is 112 cm³/mol. The minimum Gasteiger partial charge on any atom is -0.492 e. The Balaban J connectivity index is 1.77. The molecule has 0 amide bonds. The maximum atomic E-state index is 5.67. The van der Waals surface area contributed by atoms with E-state index in [0.717, 1.165) is 24.4 Å². The van der Waals surface area contributed by atoms with E-state index in [-0.39, 0.29) is 0 Å². The molecule has 0 saturated heterocycles. The molecule has 1 aliphatic heterocycles. The Bertz CT molecular complexity index is 1150. The molecule has 0 bridgehead atoms. The summed E-state index contributed by atoms with van der Waals surface area (Å²) < 4.78 is 10.5. The van der Waals surface area contributed by atoms with Crippen molar-refractivity contribution < 1.29 is 9.30 Å². The summed E-state index contributed by atoms with van der Waals surface area (Å²) in [7, 11) is 1.75. The third kappa shape index (κ3) is 2.63. The van der Waals surface area contributed by atoms with Gasteiger partial charge in [0.15, 0.2) is 17.1 Å². The van der Waals surface area contributed by atoms with Crippen molar-refractivity contribution in [3.8, 4) is 22.8 Å². The van der Waals surface area contributed by atoms with E-state index in [1.807, 2.05) is 12.1 Å². The van der Waals surface area contributed by atoms with Gasteiger partial charge in [0.2, 0.25) is 0 Å². The number of aromatic amines is 1. The van der Waals surface area contributed by atoms with Crippen LogP contribution in [0.5, 0.6) is 5.75 Å². The molecule has 0 radical (unpaired) electrons. The number of hydrogen-bond acceptors (Lipinski definition) is 1. The smallest absolute Gasteiger partial charge is 0.262 e.